The first kappa shape index (κ1) is 20.8. The van der Waals surface area contributed by atoms with Gasteiger partial charge in [0.05, 0.1) is 17.8 Å². The maximum atomic E-state index is 8.84. The first-order valence-electron chi connectivity index (χ1n) is 10.7. The van der Waals surface area contributed by atoms with Crippen LogP contribution in [-0.2, 0) is 11.5 Å². The molecule has 3 heterocycles. The lowest BCUT2D eigenvalue weighted by Gasteiger charge is -2.16. The fourth-order valence-corrected chi connectivity index (χ4v) is 5.16. The van der Waals surface area contributed by atoms with Gasteiger partial charge in [-0.3, -0.25) is 4.40 Å². The lowest BCUT2D eigenvalue weighted by molar-refractivity contribution is 0.0899. The van der Waals surface area contributed by atoms with Crippen LogP contribution in [0, 0.1) is 23.2 Å². The molecule has 0 amide bonds. The fourth-order valence-electron chi connectivity index (χ4n) is 4.40. The number of nitriles is 1. The van der Waals surface area contributed by atoms with E-state index in [1.807, 2.05) is 12.3 Å². The number of nitrogens with zero attached hydrogens (tertiary/aromatic N) is 6. The minimum atomic E-state index is -1.10. The Morgan fingerprint density at radius 1 is 1.30 bits per heavy atom. The van der Waals surface area contributed by atoms with Crippen molar-refractivity contribution in [3.05, 3.63) is 36.4 Å². The average Bonchev–Trinajstić information content (AvgIpc) is 3.38. The number of hydrogen-bond donors (Lipinski definition) is 0. The molecule has 0 unspecified atom stereocenters. The van der Waals surface area contributed by atoms with Gasteiger partial charge in [0.15, 0.2) is 11.3 Å². The Kier molecular flexibility index (Phi) is 5.76. The van der Waals surface area contributed by atoms with Crippen molar-refractivity contribution in [1.82, 2.24) is 24.1 Å². The third kappa shape index (κ3) is 4.18. The van der Waals surface area contributed by atoms with Crippen LogP contribution in [0.25, 0.3) is 16.8 Å². The van der Waals surface area contributed by atoms with Gasteiger partial charge in [0.25, 0.3) is 0 Å². The number of allylic oxidation sites excluding steroid dienone is 2. The summed E-state index contributed by atoms with van der Waals surface area (Å²) in [5, 5.41) is 17.8. The summed E-state index contributed by atoms with van der Waals surface area (Å²) in [5.74, 6) is 2.21. The Morgan fingerprint density at radius 3 is 2.90 bits per heavy atom. The number of hydrogen-bond acceptors (Lipinski definition) is 5. The molecule has 0 radical (unpaired) electrons. The van der Waals surface area contributed by atoms with Gasteiger partial charge in [-0.05, 0) is 36.8 Å². The predicted octanol–water partition coefficient (Wildman–Crippen LogP) is 4.60. The highest BCUT2D eigenvalue weighted by molar-refractivity contribution is 6.76. The van der Waals surface area contributed by atoms with Crippen molar-refractivity contribution in [1.29, 1.82) is 5.26 Å². The molecule has 1 aliphatic rings. The standard InChI is InChI=1S/C22H30N6OSi/c1-16-12-17(6-5-8-23)13-18(16)21-26-25-20-14-24-22-19(28(20)21)7-9-27(22)15-29-10-11-30(2,3)4/h5-7,9,14,16-18H,10-13,15H2,1-4H3/b6-5+/t16-,17-,18+/m1/s1. The van der Waals surface area contributed by atoms with Crippen molar-refractivity contribution in [2.75, 3.05) is 6.61 Å². The van der Waals surface area contributed by atoms with Crippen LogP contribution >= 0.6 is 0 Å². The van der Waals surface area contributed by atoms with E-state index < -0.39 is 8.07 Å². The highest BCUT2D eigenvalue weighted by Crippen LogP contribution is 2.43. The summed E-state index contributed by atoms with van der Waals surface area (Å²) in [6, 6.07) is 5.34. The minimum Gasteiger partial charge on any atom is -0.361 e. The van der Waals surface area contributed by atoms with E-state index in [1.54, 1.807) is 12.3 Å². The smallest absolute Gasteiger partial charge is 0.179 e. The van der Waals surface area contributed by atoms with E-state index in [0.717, 1.165) is 48.1 Å². The maximum absolute atomic E-state index is 8.84. The van der Waals surface area contributed by atoms with Crippen LogP contribution in [0.3, 0.4) is 0 Å². The number of fused-ring (bicyclic) bond motifs is 3. The zero-order valence-electron chi connectivity index (χ0n) is 18.2. The van der Waals surface area contributed by atoms with E-state index in [2.05, 4.69) is 62.8 Å². The van der Waals surface area contributed by atoms with Gasteiger partial charge < -0.3 is 9.30 Å². The number of aromatic nitrogens is 5. The highest BCUT2D eigenvalue weighted by Gasteiger charge is 2.34. The molecule has 1 saturated carbocycles. The first-order valence-corrected chi connectivity index (χ1v) is 14.4. The Morgan fingerprint density at radius 2 is 2.13 bits per heavy atom. The topological polar surface area (TPSA) is 81.0 Å². The molecule has 0 saturated heterocycles. The molecule has 3 atom stereocenters. The summed E-state index contributed by atoms with van der Waals surface area (Å²) < 4.78 is 10.1. The molecule has 1 aliphatic carbocycles. The van der Waals surface area contributed by atoms with Crippen LogP contribution in [0.5, 0.6) is 0 Å². The Bertz CT molecular complexity index is 1100. The zero-order chi connectivity index (χ0) is 21.3. The molecule has 30 heavy (non-hydrogen) atoms. The molecule has 0 N–H and O–H groups in total. The van der Waals surface area contributed by atoms with E-state index in [9.17, 15) is 0 Å². The van der Waals surface area contributed by atoms with Crippen LogP contribution in [0.2, 0.25) is 25.7 Å². The van der Waals surface area contributed by atoms with Crippen molar-refractivity contribution in [3.63, 3.8) is 0 Å². The molecule has 3 aromatic heterocycles. The number of ether oxygens (including phenoxy) is 1. The van der Waals surface area contributed by atoms with Crippen LogP contribution in [-0.4, -0.2) is 38.8 Å². The second kappa shape index (κ2) is 8.32. The third-order valence-electron chi connectivity index (χ3n) is 6.09. The van der Waals surface area contributed by atoms with Crippen molar-refractivity contribution in [3.8, 4) is 6.07 Å². The average molecular weight is 423 g/mol. The quantitative estimate of drug-likeness (QED) is 0.316. The van der Waals surface area contributed by atoms with Gasteiger partial charge in [-0.2, -0.15) is 5.26 Å². The van der Waals surface area contributed by atoms with E-state index in [-0.39, 0.29) is 0 Å². The molecule has 0 spiro atoms. The zero-order valence-corrected chi connectivity index (χ0v) is 19.2. The Balaban J connectivity index is 1.60. The molecule has 7 nitrogen and oxygen atoms in total. The van der Waals surface area contributed by atoms with Gasteiger partial charge in [0.1, 0.15) is 12.6 Å². The van der Waals surface area contributed by atoms with E-state index in [1.165, 1.54) is 0 Å². The van der Waals surface area contributed by atoms with Crippen molar-refractivity contribution in [2.45, 2.75) is 58.1 Å². The van der Waals surface area contributed by atoms with Crippen molar-refractivity contribution >= 4 is 24.9 Å². The Labute approximate surface area is 178 Å². The number of rotatable bonds is 7. The second-order valence-corrected chi connectivity index (χ2v) is 15.3. The van der Waals surface area contributed by atoms with Gasteiger partial charge >= 0.3 is 0 Å². The van der Waals surface area contributed by atoms with Gasteiger partial charge in [-0.15, -0.1) is 10.2 Å². The lowest BCUT2D eigenvalue weighted by atomic mass is 9.97. The molecule has 0 bridgehead atoms. The van der Waals surface area contributed by atoms with E-state index >= 15 is 0 Å². The van der Waals surface area contributed by atoms with E-state index in [0.29, 0.717) is 24.5 Å². The van der Waals surface area contributed by atoms with Crippen LogP contribution < -0.4 is 0 Å². The first-order chi connectivity index (χ1) is 14.4. The minimum absolute atomic E-state index is 0.315. The van der Waals surface area contributed by atoms with Gasteiger partial charge in [-0.1, -0.05) is 32.6 Å². The fraction of sp³-hybridized carbons (Fsp3) is 0.545. The maximum Gasteiger partial charge on any atom is 0.179 e. The molecule has 1 fully saturated rings. The highest BCUT2D eigenvalue weighted by atomic mass is 28.3. The lowest BCUT2D eigenvalue weighted by Crippen LogP contribution is -2.22. The molecule has 0 aromatic carbocycles. The molecule has 4 rings (SSSR count). The van der Waals surface area contributed by atoms with Gasteiger partial charge in [-0.25, -0.2) is 4.98 Å². The molecule has 158 valence electrons. The summed E-state index contributed by atoms with van der Waals surface area (Å²) in [4.78, 5) is 4.63. The molecule has 0 aliphatic heterocycles. The van der Waals surface area contributed by atoms with Crippen LogP contribution in [0.4, 0.5) is 0 Å². The monoisotopic (exact) mass is 422 g/mol. The van der Waals surface area contributed by atoms with Crippen LogP contribution in [0.15, 0.2) is 30.6 Å². The van der Waals surface area contributed by atoms with Crippen LogP contribution in [0.1, 0.15) is 31.5 Å². The van der Waals surface area contributed by atoms with Gasteiger partial charge in [0, 0.05) is 32.9 Å². The summed E-state index contributed by atoms with van der Waals surface area (Å²) in [6.07, 6.45) is 9.52. The van der Waals surface area contributed by atoms with Gasteiger partial charge in [0.2, 0.25) is 0 Å². The molecular weight excluding hydrogens is 392 g/mol. The SMILES string of the molecule is C[C@@H]1C[C@@H](/C=C/C#N)C[C@@H]1c1nnc2cnc3c(ccn3COCC[Si](C)(C)C)n12. The van der Waals surface area contributed by atoms with Crippen molar-refractivity contribution < 1.29 is 4.74 Å². The summed E-state index contributed by atoms with van der Waals surface area (Å²) >= 11 is 0. The summed E-state index contributed by atoms with van der Waals surface area (Å²) in [7, 11) is -1.10. The predicted molar refractivity (Wildman–Crippen MR) is 120 cm³/mol. The largest absolute Gasteiger partial charge is 0.361 e. The normalized spacial score (nSPS) is 22.4. The van der Waals surface area contributed by atoms with Crippen molar-refractivity contribution in [2.24, 2.45) is 11.8 Å². The summed E-state index contributed by atoms with van der Waals surface area (Å²) in [5.41, 5.74) is 2.69. The summed E-state index contributed by atoms with van der Waals surface area (Å²) in [6.45, 7) is 10.6. The molecule has 8 heteroatoms. The van der Waals surface area contributed by atoms with E-state index in [4.69, 9.17) is 10.00 Å². The second-order valence-electron chi connectivity index (χ2n) is 9.66. The Hall–Kier alpha value is -2.50. The third-order valence-corrected chi connectivity index (χ3v) is 7.79. The molecule has 3 aromatic rings. The molecular formula is C22H30N6OSi.